The Labute approximate surface area is 151 Å². The number of nitrogens with one attached hydrogen (secondary N) is 1. The fourth-order valence-corrected chi connectivity index (χ4v) is 3.57. The van der Waals surface area contributed by atoms with E-state index >= 15 is 0 Å². The average molecular weight is 362 g/mol. The summed E-state index contributed by atoms with van der Waals surface area (Å²) >= 11 is 0. The fraction of sp³-hybridized carbons (Fsp3) is 0.526. The number of halogens is 1. The molecule has 2 aliphatic rings. The number of nitrogens with zero attached hydrogens (tertiary/aromatic N) is 1. The first-order valence-corrected chi connectivity index (χ1v) is 9.00. The van der Waals surface area contributed by atoms with Crippen LogP contribution in [0.5, 0.6) is 0 Å². The van der Waals surface area contributed by atoms with E-state index in [0.717, 1.165) is 31.2 Å². The van der Waals surface area contributed by atoms with Crippen molar-refractivity contribution >= 4 is 17.8 Å². The topological polar surface area (TPSA) is 75.7 Å². The molecule has 7 heteroatoms. The second kappa shape index (κ2) is 8.29. The van der Waals surface area contributed by atoms with E-state index < -0.39 is 17.8 Å². The van der Waals surface area contributed by atoms with Crippen LogP contribution in [-0.4, -0.2) is 41.9 Å². The number of benzene rings is 1. The predicted octanol–water partition coefficient (Wildman–Crippen LogP) is 1.78. The Hall–Kier alpha value is -2.44. The molecule has 2 amide bonds. The van der Waals surface area contributed by atoms with Crippen molar-refractivity contribution in [3.05, 3.63) is 35.6 Å². The summed E-state index contributed by atoms with van der Waals surface area (Å²) in [6.07, 6.45) is 4.40. The summed E-state index contributed by atoms with van der Waals surface area (Å²) in [5.41, 5.74) is 0.750. The molecule has 26 heavy (non-hydrogen) atoms. The molecule has 6 nitrogen and oxygen atoms in total. The van der Waals surface area contributed by atoms with Gasteiger partial charge in [-0.15, -0.1) is 0 Å². The molecule has 1 aromatic carbocycles. The SMILES string of the molecule is O=C(COC(=O)[C@H]1CC(=O)N(C2CCCC2)C1)NCc1ccc(F)cc1. The van der Waals surface area contributed by atoms with Gasteiger partial charge in [0.15, 0.2) is 6.61 Å². The van der Waals surface area contributed by atoms with Gasteiger partial charge in [-0.3, -0.25) is 14.4 Å². The lowest BCUT2D eigenvalue weighted by Crippen LogP contribution is -2.35. The second-order valence-electron chi connectivity index (χ2n) is 6.90. The average Bonchev–Trinajstić information content (AvgIpc) is 3.28. The van der Waals surface area contributed by atoms with Crippen LogP contribution in [0, 0.1) is 11.7 Å². The Balaban J connectivity index is 1.40. The van der Waals surface area contributed by atoms with Crippen LogP contribution < -0.4 is 5.32 Å². The van der Waals surface area contributed by atoms with Gasteiger partial charge in [-0.2, -0.15) is 0 Å². The first-order chi connectivity index (χ1) is 12.5. The van der Waals surface area contributed by atoms with Crippen LogP contribution in [0.1, 0.15) is 37.7 Å². The first kappa shape index (κ1) is 18.4. The minimum absolute atomic E-state index is 0.000360. The van der Waals surface area contributed by atoms with Gasteiger partial charge in [0.05, 0.1) is 5.92 Å². The molecule has 0 unspecified atom stereocenters. The number of carbonyl (C=O) groups excluding carboxylic acids is 3. The molecule has 0 spiro atoms. The maximum atomic E-state index is 12.8. The number of hydrogen-bond acceptors (Lipinski definition) is 4. The lowest BCUT2D eigenvalue weighted by atomic mass is 10.1. The summed E-state index contributed by atoms with van der Waals surface area (Å²) in [7, 11) is 0. The highest BCUT2D eigenvalue weighted by molar-refractivity contribution is 5.88. The zero-order valence-electron chi connectivity index (χ0n) is 14.6. The van der Waals surface area contributed by atoms with E-state index in [1.165, 1.54) is 12.1 Å². The van der Waals surface area contributed by atoms with Gasteiger partial charge >= 0.3 is 5.97 Å². The lowest BCUT2D eigenvalue weighted by molar-refractivity contribution is -0.152. The summed E-state index contributed by atoms with van der Waals surface area (Å²) in [5, 5.41) is 2.61. The molecule has 1 saturated heterocycles. The first-order valence-electron chi connectivity index (χ1n) is 9.00. The minimum atomic E-state index is -0.504. The normalized spacial score (nSPS) is 20.4. The molecule has 1 heterocycles. The van der Waals surface area contributed by atoms with Crippen molar-refractivity contribution < 1.29 is 23.5 Å². The standard InChI is InChI=1S/C19H23FN2O4/c20-15-7-5-13(6-8-15)10-21-17(23)12-26-19(25)14-9-18(24)22(11-14)16-3-1-2-4-16/h5-8,14,16H,1-4,9-12H2,(H,21,23)/t14-/m0/s1. The molecule has 140 valence electrons. The van der Waals surface area contributed by atoms with E-state index in [-0.39, 0.29) is 37.3 Å². The second-order valence-corrected chi connectivity index (χ2v) is 6.90. The van der Waals surface area contributed by atoms with Crippen LogP contribution in [-0.2, 0) is 25.7 Å². The fourth-order valence-electron chi connectivity index (χ4n) is 3.57. The largest absolute Gasteiger partial charge is 0.455 e. The van der Waals surface area contributed by atoms with Crippen molar-refractivity contribution in [3.63, 3.8) is 0 Å². The molecule has 2 fully saturated rings. The van der Waals surface area contributed by atoms with Crippen LogP contribution in [0.15, 0.2) is 24.3 Å². The summed E-state index contributed by atoms with van der Waals surface area (Å²) in [6, 6.07) is 6.02. The summed E-state index contributed by atoms with van der Waals surface area (Å²) in [6.45, 7) is 0.238. The van der Waals surface area contributed by atoms with Crippen LogP contribution in [0.3, 0.4) is 0 Å². The quantitative estimate of drug-likeness (QED) is 0.783. The van der Waals surface area contributed by atoms with Gasteiger partial charge in [-0.25, -0.2) is 4.39 Å². The van der Waals surface area contributed by atoms with Crippen LogP contribution in [0.25, 0.3) is 0 Å². The third kappa shape index (κ3) is 4.59. The maximum Gasteiger partial charge on any atom is 0.311 e. The zero-order chi connectivity index (χ0) is 18.5. The lowest BCUT2D eigenvalue weighted by Gasteiger charge is -2.23. The van der Waals surface area contributed by atoms with E-state index in [9.17, 15) is 18.8 Å². The van der Waals surface area contributed by atoms with E-state index in [4.69, 9.17) is 4.74 Å². The smallest absolute Gasteiger partial charge is 0.311 e. The molecule has 1 atom stereocenters. The van der Waals surface area contributed by atoms with Crippen molar-refractivity contribution in [1.29, 1.82) is 0 Å². The number of amides is 2. The van der Waals surface area contributed by atoms with Gasteiger partial charge < -0.3 is 15.0 Å². The molecular formula is C19H23FN2O4. The molecule has 1 N–H and O–H groups in total. The third-order valence-electron chi connectivity index (χ3n) is 5.01. The highest BCUT2D eigenvalue weighted by Crippen LogP contribution is 2.29. The van der Waals surface area contributed by atoms with Crippen molar-refractivity contribution in [2.45, 2.75) is 44.7 Å². The van der Waals surface area contributed by atoms with Crippen LogP contribution >= 0.6 is 0 Å². The van der Waals surface area contributed by atoms with Gasteiger partial charge in [0.2, 0.25) is 5.91 Å². The Morgan fingerprint density at radius 2 is 1.88 bits per heavy atom. The van der Waals surface area contributed by atoms with E-state index in [0.29, 0.717) is 6.54 Å². The monoisotopic (exact) mass is 362 g/mol. The summed E-state index contributed by atoms with van der Waals surface area (Å²) in [5.74, 6) is -1.77. The van der Waals surface area contributed by atoms with E-state index in [1.54, 1.807) is 17.0 Å². The van der Waals surface area contributed by atoms with Crippen molar-refractivity contribution in [2.75, 3.05) is 13.2 Å². The molecule has 0 aromatic heterocycles. The highest BCUT2D eigenvalue weighted by Gasteiger charge is 2.39. The predicted molar refractivity (Wildman–Crippen MR) is 91.3 cm³/mol. The van der Waals surface area contributed by atoms with Gasteiger partial charge in [-0.05, 0) is 30.5 Å². The molecular weight excluding hydrogens is 339 g/mol. The molecule has 1 aromatic rings. The number of carbonyl (C=O) groups is 3. The summed E-state index contributed by atoms with van der Waals surface area (Å²) < 4.78 is 17.9. The molecule has 0 bridgehead atoms. The molecule has 3 rings (SSSR count). The Morgan fingerprint density at radius 3 is 2.58 bits per heavy atom. The van der Waals surface area contributed by atoms with Crippen molar-refractivity contribution in [1.82, 2.24) is 10.2 Å². The number of ether oxygens (including phenoxy) is 1. The number of hydrogen-bond donors (Lipinski definition) is 1. The number of rotatable bonds is 6. The van der Waals surface area contributed by atoms with Crippen LogP contribution in [0.4, 0.5) is 4.39 Å². The third-order valence-corrected chi connectivity index (χ3v) is 5.01. The minimum Gasteiger partial charge on any atom is -0.455 e. The van der Waals surface area contributed by atoms with Gasteiger partial charge in [0.25, 0.3) is 5.91 Å². The van der Waals surface area contributed by atoms with Gasteiger partial charge in [-0.1, -0.05) is 25.0 Å². The van der Waals surface area contributed by atoms with E-state index in [2.05, 4.69) is 5.32 Å². The molecule has 1 saturated carbocycles. The Morgan fingerprint density at radius 1 is 1.19 bits per heavy atom. The number of esters is 1. The maximum absolute atomic E-state index is 12.8. The van der Waals surface area contributed by atoms with Crippen molar-refractivity contribution in [2.24, 2.45) is 5.92 Å². The number of likely N-dealkylation sites (tertiary alicyclic amines) is 1. The van der Waals surface area contributed by atoms with Crippen LogP contribution in [0.2, 0.25) is 0 Å². The Kier molecular flexibility index (Phi) is 5.85. The van der Waals surface area contributed by atoms with Gasteiger partial charge in [0.1, 0.15) is 5.82 Å². The van der Waals surface area contributed by atoms with Crippen molar-refractivity contribution in [3.8, 4) is 0 Å². The zero-order valence-corrected chi connectivity index (χ0v) is 14.6. The molecule has 0 radical (unpaired) electrons. The highest BCUT2D eigenvalue weighted by atomic mass is 19.1. The van der Waals surface area contributed by atoms with E-state index in [1.807, 2.05) is 0 Å². The van der Waals surface area contributed by atoms with Gasteiger partial charge in [0, 0.05) is 25.6 Å². The Bertz CT molecular complexity index is 671. The molecule has 1 aliphatic carbocycles. The molecule has 1 aliphatic heterocycles. The summed E-state index contributed by atoms with van der Waals surface area (Å²) in [4.78, 5) is 37.9.